The highest BCUT2D eigenvalue weighted by Gasteiger charge is 2.39. The topological polar surface area (TPSA) is 81.2 Å². The van der Waals surface area contributed by atoms with E-state index in [1.807, 2.05) is 37.5 Å². The number of amides is 4. The van der Waals surface area contributed by atoms with Crippen LogP contribution in [0.4, 0.5) is 0 Å². The Kier molecular flexibility index (Phi) is 14.0. The van der Waals surface area contributed by atoms with Crippen molar-refractivity contribution in [3.63, 3.8) is 0 Å². The van der Waals surface area contributed by atoms with Gasteiger partial charge in [0, 0.05) is 52.1 Å². The molecule has 208 valence electrons. The molecule has 37 heavy (non-hydrogen) atoms. The van der Waals surface area contributed by atoms with Crippen LogP contribution in [0, 0.1) is 0 Å². The fraction of sp³-hybridized carbons (Fsp3) is 0.731. The largest absolute Gasteiger partial charge is 0.343 e. The smallest absolute Gasteiger partial charge is 0.267 e. The van der Waals surface area contributed by atoms with Gasteiger partial charge in [0.2, 0.25) is 11.8 Å². The lowest BCUT2D eigenvalue weighted by Crippen LogP contribution is -2.31. The summed E-state index contributed by atoms with van der Waals surface area (Å²) in [5, 5.41) is 0. The zero-order chi connectivity index (χ0) is 27.4. The molecule has 0 aromatic carbocycles. The molecule has 0 aliphatic carbocycles. The Bertz CT molecular complexity index is 872. The number of hydrogen-bond donors (Lipinski definition) is 0. The maximum absolute atomic E-state index is 13.0. The lowest BCUT2D eigenvalue weighted by Gasteiger charge is -2.18. The summed E-state index contributed by atoms with van der Waals surface area (Å²) in [6.45, 7) is 12.0. The molecule has 0 N–H and O–H groups in total. The lowest BCUT2D eigenvalue weighted by molar-refractivity contribution is -0.131. The predicted molar refractivity (Wildman–Crippen MR) is 156 cm³/mol. The third kappa shape index (κ3) is 8.99. The van der Waals surface area contributed by atoms with Crippen LogP contribution < -0.4 is 0 Å². The van der Waals surface area contributed by atoms with Gasteiger partial charge >= 0.3 is 0 Å². The van der Waals surface area contributed by atoms with E-state index in [1.165, 1.54) is 23.5 Å². The van der Waals surface area contributed by atoms with Gasteiger partial charge in [-0.2, -0.15) is 0 Å². The molecule has 2 fully saturated rings. The summed E-state index contributed by atoms with van der Waals surface area (Å²) in [5.41, 5.74) is 0. The summed E-state index contributed by atoms with van der Waals surface area (Å²) in [7, 11) is 0. The molecule has 4 amide bonds. The van der Waals surface area contributed by atoms with Crippen molar-refractivity contribution in [2.45, 2.75) is 79.1 Å². The van der Waals surface area contributed by atoms with Crippen LogP contribution >= 0.6 is 35.7 Å². The number of carbonyl (C=O) groups excluding carboxylic acids is 4. The molecule has 0 aromatic rings. The molecule has 0 saturated carbocycles. The van der Waals surface area contributed by atoms with E-state index in [0.29, 0.717) is 45.9 Å². The van der Waals surface area contributed by atoms with Gasteiger partial charge in [-0.15, -0.1) is 0 Å². The Labute approximate surface area is 235 Å². The van der Waals surface area contributed by atoms with E-state index in [-0.39, 0.29) is 23.6 Å². The average molecular weight is 571 g/mol. The van der Waals surface area contributed by atoms with Crippen molar-refractivity contribution in [3.05, 3.63) is 9.81 Å². The second-order valence-corrected chi connectivity index (χ2v) is 11.7. The summed E-state index contributed by atoms with van der Waals surface area (Å²) in [5.74, 6) is 0.628. The molecule has 11 heteroatoms. The summed E-state index contributed by atoms with van der Waals surface area (Å²) in [6, 6.07) is 0. The van der Waals surface area contributed by atoms with E-state index in [1.54, 1.807) is 9.80 Å². The first-order chi connectivity index (χ1) is 17.8. The maximum Gasteiger partial charge on any atom is 0.267 e. The van der Waals surface area contributed by atoms with Crippen molar-refractivity contribution in [1.29, 1.82) is 0 Å². The fourth-order valence-corrected chi connectivity index (χ4v) is 6.98. The molecule has 2 saturated heterocycles. The van der Waals surface area contributed by atoms with Gasteiger partial charge in [-0.3, -0.25) is 24.1 Å². The van der Waals surface area contributed by atoms with E-state index < -0.39 is 0 Å². The minimum absolute atomic E-state index is 0.0976. The van der Waals surface area contributed by atoms with Crippen LogP contribution in [0.2, 0.25) is 0 Å². The van der Waals surface area contributed by atoms with E-state index >= 15 is 0 Å². The highest BCUT2D eigenvalue weighted by molar-refractivity contribution is 8.27. The van der Waals surface area contributed by atoms with Crippen LogP contribution in [0.5, 0.6) is 0 Å². The van der Waals surface area contributed by atoms with Crippen molar-refractivity contribution in [3.8, 4) is 0 Å². The second-order valence-electron chi connectivity index (χ2n) is 9.08. The van der Waals surface area contributed by atoms with Gasteiger partial charge in [0.15, 0.2) is 0 Å². The van der Waals surface area contributed by atoms with Crippen LogP contribution in [0.25, 0.3) is 0 Å². The first-order valence-electron chi connectivity index (χ1n) is 13.5. The molecule has 0 spiro atoms. The number of unbranched alkanes of at least 4 members (excludes halogenated alkanes) is 4. The first-order valence-corrected chi connectivity index (χ1v) is 15.7. The molecule has 0 unspecified atom stereocenters. The van der Waals surface area contributed by atoms with Gasteiger partial charge in [0.25, 0.3) is 11.8 Å². The standard InChI is InChI=1S/C26H42N4O4S3/c1-5-27(6-2)20(31)15-11-9-13-17-29-19-36-22(24(29)33)23-25(34)30(26(35)37-23)18-14-10-12-16-21(32)28(7-3)8-4/h5-19H2,1-4H3. The predicted octanol–water partition coefficient (Wildman–Crippen LogP) is 4.45. The number of thioether (sulfide) groups is 2. The van der Waals surface area contributed by atoms with E-state index in [0.717, 1.165) is 64.7 Å². The van der Waals surface area contributed by atoms with Crippen molar-refractivity contribution in [2.75, 3.05) is 45.1 Å². The third-order valence-electron chi connectivity index (χ3n) is 6.72. The quantitative estimate of drug-likeness (QED) is 0.154. The minimum Gasteiger partial charge on any atom is -0.343 e. The van der Waals surface area contributed by atoms with E-state index in [4.69, 9.17) is 12.2 Å². The summed E-state index contributed by atoms with van der Waals surface area (Å²) in [6.07, 6.45) is 6.02. The average Bonchev–Trinajstić information content (AvgIpc) is 3.38. The molecule has 0 aromatic heterocycles. The van der Waals surface area contributed by atoms with Crippen molar-refractivity contribution < 1.29 is 19.2 Å². The number of nitrogens with zero attached hydrogens (tertiary/aromatic N) is 4. The van der Waals surface area contributed by atoms with Crippen LogP contribution in [0.3, 0.4) is 0 Å². The molecule has 0 bridgehead atoms. The molecule has 2 heterocycles. The molecule has 2 aliphatic heterocycles. The van der Waals surface area contributed by atoms with Gasteiger partial charge < -0.3 is 14.7 Å². The zero-order valence-corrected chi connectivity index (χ0v) is 25.2. The van der Waals surface area contributed by atoms with Gasteiger partial charge in [-0.25, -0.2) is 0 Å². The van der Waals surface area contributed by atoms with Crippen LogP contribution in [0.15, 0.2) is 9.81 Å². The number of rotatable bonds is 16. The summed E-state index contributed by atoms with van der Waals surface area (Å²) in [4.78, 5) is 58.3. The van der Waals surface area contributed by atoms with Gasteiger partial charge in [0.05, 0.1) is 15.7 Å². The molecular weight excluding hydrogens is 529 g/mol. The monoisotopic (exact) mass is 570 g/mol. The van der Waals surface area contributed by atoms with Gasteiger partial charge in [0.1, 0.15) is 4.32 Å². The molecular formula is C26H42N4O4S3. The van der Waals surface area contributed by atoms with E-state index in [2.05, 4.69) is 0 Å². The van der Waals surface area contributed by atoms with Crippen LogP contribution in [0.1, 0.15) is 79.1 Å². The van der Waals surface area contributed by atoms with Crippen molar-refractivity contribution in [2.24, 2.45) is 0 Å². The Morgan fingerprint density at radius 1 is 0.757 bits per heavy atom. The molecule has 2 rings (SSSR count). The molecule has 8 nitrogen and oxygen atoms in total. The van der Waals surface area contributed by atoms with Gasteiger partial charge in [-0.05, 0) is 53.4 Å². The van der Waals surface area contributed by atoms with E-state index in [9.17, 15) is 19.2 Å². The van der Waals surface area contributed by atoms with Crippen molar-refractivity contribution in [1.82, 2.24) is 19.6 Å². The Balaban J connectivity index is 1.76. The normalized spacial score (nSPS) is 17.8. The summed E-state index contributed by atoms with van der Waals surface area (Å²) < 4.78 is 0.497. The number of carbonyl (C=O) groups is 4. The molecule has 0 radical (unpaired) electrons. The number of thiocarbonyl (C=S) groups is 1. The SMILES string of the molecule is CCN(CC)C(=O)CCCCCN1CSC(=C2SC(=S)N(CCCCCC(=O)N(CC)CC)C2=O)C1=O. The zero-order valence-electron chi connectivity index (χ0n) is 22.8. The minimum atomic E-state index is -0.179. The van der Waals surface area contributed by atoms with Crippen LogP contribution in [-0.2, 0) is 19.2 Å². The van der Waals surface area contributed by atoms with Gasteiger partial charge in [-0.1, -0.05) is 48.6 Å². The highest BCUT2D eigenvalue weighted by atomic mass is 32.2. The fourth-order valence-electron chi connectivity index (χ4n) is 4.41. The van der Waals surface area contributed by atoms with Crippen molar-refractivity contribution >= 4 is 63.7 Å². The highest BCUT2D eigenvalue weighted by Crippen LogP contribution is 2.41. The Hall–Kier alpha value is -1.59. The maximum atomic E-state index is 13.0. The Morgan fingerprint density at radius 3 is 1.78 bits per heavy atom. The lowest BCUT2D eigenvalue weighted by atomic mass is 10.1. The molecule has 2 aliphatic rings. The first kappa shape index (κ1) is 31.6. The van der Waals surface area contributed by atoms with Crippen LogP contribution in [-0.4, -0.2) is 92.7 Å². The molecule has 0 atom stereocenters. The third-order valence-corrected chi connectivity index (χ3v) is 9.41. The summed E-state index contributed by atoms with van der Waals surface area (Å²) >= 11 is 8.08. The second kappa shape index (κ2) is 16.4. The Morgan fingerprint density at radius 2 is 1.27 bits per heavy atom. The number of hydrogen-bond acceptors (Lipinski definition) is 7.